The molecule has 1 aliphatic heterocycles. The number of nitrogens with zero attached hydrogens (tertiary/aromatic N) is 3. The van der Waals surface area contributed by atoms with E-state index in [4.69, 9.17) is 12.2 Å². The minimum atomic E-state index is -1.35. The monoisotopic (exact) mass is 406 g/mol. The van der Waals surface area contributed by atoms with E-state index in [1.165, 1.54) is 31.2 Å². The molecule has 0 saturated carbocycles. The molecule has 4 amide bonds. The van der Waals surface area contributed by atoms with Gasteiger partial charge in [0.25, 0.3) is 5.91 Å². The van der Waals surface area contributed by atoms with Crippen molar-refractivity contribution in [3.8, 4) is 0 Å². The second-order valence-corrected chi connectivity index (χ2v) is 6.94. The Kier molecular flexibility index (Phi) is 5.27. The third-order valence-electron chi connectivity index (χ3n) is 4.64. The molecule has 1 aliphatic rings. The molecule has 3 rings (SSSR count). The number of nitrogens with one attached hydrogen (secondary N) is 3. The van der Waals surface area contributed by atoms with Crippen LogP contribution >= 0.6 is 12.2 Å². The Labute approximate surface area is 164 Å². The second kappa shape index (κ2) is 7.50. The SMILES string of the molecule is Cn1c(CCNC(=O)CN2C(=O)NC(C)(c3ccc(F)cc3)C2=O)n[nH]c1=S. The number of benzene rings is 1. The molecule has 0 bridgehead atoms. The highest BCUT2D eigenvalue weighted by Crippen LogP contribution is 2.28. The summed E-state index contributed by atoms with van der Waals surface area (Å²) in [6.07, 6.45) is 0.433. The minimum Gasteiger partial charge on any atom is -0.354 e. The Morgan fingerprint density at radius 3 is 2.61 bits per heavy atom. The molecular formula is C17H19FN6O3S. The van der Waals surface area contributed by atoms with Gasteiger partial charge in [-0.1, -0.05) is 12.1 Å². The lowest BCUT2D eigenvalue weighted by Gasteiger charge is -2.22. The van der Waals surface area contributed by atoms with Crippen LogP contribution in [-0.4, -0.2) is 50.6 Å². The van der Waals surface area contributed by atoms with E-state index >= 15 is 0 Å². The van der Waals surface area contributed by atoms with Gasteiger partial charge in [-0.25, -0.2) is 9.18 Å². The molecule has 9 nitrogen and oxygen atoms in total. The number of hydrogen-bond donors (Lipinski definition) is 3. The Morgan fingerprint density at radius 1 is 1.32 bits per heavy atom. The quantitative estimate of drug-likeness (QED) is 0.484. The topological polar surface area (TPSA) is 112 Å². The maximum absolute atomic E-state index is 13.1. The summed E-state index contributed by atoms with van der Waals surface area (Å²) < 4.78 is 15.3. The molecule has 0 radical (unpaired) electrons. The van der Waals surface area contributed by atoms with Crippen molar-refractivity contribution >= 4 is 30.1 Å². The van der Waals surface area contributed by atoms with Crippen molar-refractivity contribution in [2.75, 3.05) is 13.1 Å². The lowest BCUT2D eigenvalue weighted by molar-refractivity contribution is -0.134. The van der Waals surface area contributed by atoms with E-state index in [2.05, 4.69) is 20.8 Å². The highest BCUT2D eigenvalue weighted by Gasteiger charge is 2.49. The number of imide groups is 1. The summed E-state index contributed by atoms with van der Waals surface area (Å²) in [6, 6.07) is 4.58. The van der Waals surface area contributed by atoms with E-state index in [0.29, 0.717) is 22.6 Å². The fraction of sp³-hybridized carbons (Fsp3) is 0.353. The lowest BCUT2D eigenvalue weighted by atomic mass is 9.92. The summed E-state index contributed by atoms with van der Waals surface area (Å²) in [6.45, 7) is 1.37. The molecule has 0 aliphatic carbocycles. The summed E-state index contributed by atoms with van der Waals surface area (Å²) in [5.74, 6) is -0.838. The molecule has 2 heterocycles. The first kappa shape index (κ1) is 19.7. The molecule has 3 N–H and O–H groups in total. The zero-order valence-electron chi connectivity index (χ0n) is 15.3. The lowest BCUT2D eigenvalue weighted by Crippen LogP contribution is -2.43. The van der Waals surface area contributed by atoms with Crippen LogP contribution in [0, 0.1) is 10.6 Å². The van der Waals surface area contributed by atoms with Gasteiger partial charge in [-0.2, -0.15) is 5.10 Å². The average molecular weight is 406 g/mol. The molecule has 1 aromatic carbocycles. The predicted octanol–water partition coefficient (Wildman–Crippen LogP) is 0.743. The van der Waals surface area contributed by atoms with Gasteiger partial charge in [0.2, 0.25) is 5.91 Å². The van der Waals surface area contributed by atoms with Gasteiger partial charge >= 0.3 is 6.03 Å². The van der Waals surface area contributed by atoms with Gasteiger partial charge in [-0.05, 0) is 36.8 Å². The fourth-order valence-corrected chi connectivity index (χ4v) is 3.09. The average Bonchev–Trinajstić information content (AvgIpc) is 3.08. The smallest absolute Gasteiger partial charge is 0.325 e. The zero-order chi connectivity index (χ0) is 20.5. The van der Waals surface area contributed by atoms with Gasteiger partial charge in [0.15, 0.2) is 4.77 Å². The molecule has 1 unspecified atom stereocenters. The van der Waals surface area contributed by atoms with Crippen molar-refractivity contribution in [2.24, 2.45) is 7.05 Å². The van der Waals surface area contributed by atoms with Gasteiger partial charge < -0.3 is 15.2 Å². The predicted molar refractivity (Wildman–Crippen MR) is 99.1 cm³/mol. The summed E-state index contributed by atoms with van der Waals surface area (Å²) in [5, 5.41) is 11.9. The van der Waals surface area contributed by atoms with Crippen LogP contribution in [0.25, 0.3) is 0 Å². The van der Waals surface area contributed by atoms with Gasteiger partial charge in [0.1, 0.15) is 23.7 Å². The summed E-state index contributed by atoms with van der Waals surface area (Å²) in [7, 11) is 1.76. The zero-order valence-corrected chi connectivity index (χ0v) is 16.1. The number of carbonyl (C=O) groups is 3. The molecule has 1 aromatic heterocycles. The summed E-state index contributed by atoms with van der Waals surface area (Å²) in [4.78, 5) is 38.0. The number of carbonyl (C=O) groups excluding carboxylic acids is 3. The van der Waals surface area contributed by atoms with Crippen molar-refractivity contribution in [1.82, 2.24) is 30.3 Å². The number of aromatic amines is 1. The number of H-pyrrole nitrogens is 1. The molecule has 1 fully saturated rings. The second-order valence-electron chi connectivity index (χ2n) is 6.56. The molecule has 1 saturated heterocycles. The number of amides is 4. The van der Waals surface area contributed by atoms with Gasteiger partial charge in [-0.3, -0.25) is 19.6 Å². The van der Waals surface area contributed by atoms with Crippen LogP contribution in [0.3, 0.4) is 0 Å². The number of aromatic nitrogens is 3. The van der Waals surface area contributed by atoms with E-state index in [9.17, 15) is 18.8 Å². The summed E-state index contributed by atoms with van der Waals surface area (Å²) in [5.41, 5.74) is -0.922. The number of rotatable bonds is 6. The van der Waals surface area contributed by atoms with E-state index in [-0.39, 0.29) is 6.54 Å². The molecule has 1 atom stereocenters. The van der Waals surface area contributed by atoms with Gasteiger partial charge in [-0.15, -0.1) is 0 Å². The van der Waals surface area contributed by atoms with E-state index < -0.39 is 35.7 Å². The first-order chi connectivity index (χ1) is 13.2. The van der Waals surface area contributed by atoms with Crippen molar-refractivity contribution in [2.45, 2.75) is 18.9 Å². The van der Waals surface area contributed by atoms with Gasteiger partial charge in [0.05, 0.1) is 0 Å². The first-order valence-corrected chi connectivity index (χ1v) is 8.90. The Morgan fingerprint density at radius 2 is 2.00 bits per heavy atom. The normalized spacial score (nSPS) is 19.0. The van der Waals surface area contributed by atoms with Crippen molar-refractivity contribution in [3.05, 3.63) is 46.2 Å². The standard InChI is InChI=1S/C17H19FN6O3S/c1-17(10-3-5-11(18)6-4-10)14(26)24(15(27)20-17)9-13(25)19-8-7-12-21-22-16(28)23(12)2/h3-6H,7-9H2,1-2H3,(H,19,25)(H,20,27)(H,22,28). The molecule has 0 spiro atoms. The third-order valence-corrected chi connectivity index (χ3v) is 5.01. The Balaban J connectivity index is 1.60. The molecule has 11 heteroatoms. The molecule has 2 aromatic rings. The Bertz CT molecular complexity index is 986. The fourth-order valence-electron chi connectivity index (χ4n) is 2.94. The largest absolute Gasteiger partial charge is 0.354 e. The van der Waals surface area contributed by atoms with Crippen LogP contribution in [0.15, 0.2) is 24.3 Å². The van der Waals surface area contributed by atoms with Crippen molar-refractivity contribution in [3.63, 3.8) is 0 Å². The van der Waals surface area contributed by atoms with Crippen LogP contribution in [0.4, 0.5) is 9.18 Å². The molecular weight excluding hydrogens is 387 g/mol. The highest BCUT2D eigenvalue weighted by molar-refractivity contribution is 7.71. The number of hydrogen-bond acceptors (Lipinski definition) is 5. The van der Waals surface area contributed by atoms with Crippen LogP contribution in [-0.2, 0) is 28.6 Å². The van der Waals surface area contributed by atoms with Gasteiger partial charge in [0, 0.05) is 20.0 Å². The number of urea groups is 1. The van der Waals surface area contributed by atoms with Crippen molar-refractivity contribution < 1.29 is 18.8 Å². The maximum atomic E-state index is 13.1. The summed E-state index contributed by atoms with van der Waals surface area (Å²) >= 11 is 5.01. The van der Waals surface area contributed by atoms with Crippen LogP contribution in [0.2, 0.25) is 0 Å². The first-order valence-electron chi connectivity index (χ1n) is 8.49. The van der Waals surface area contributed by atoms with Crippen LogP contribution in [0.1, 0.15) is 18.3 Å². The van der Waals surface area contributed by atoms with Crippen LogP contribution in [0.5, 0.6) is 0 Å². The van der Waals surface area contributed by atoms with E-state index in [1.54, 1.807) is 11.6 Å². The number of halogens is 1. The molecule has 148 valence electrons. The highest BCUT2D eigenvalue weighted by atomic mass is 32.1. The molecule has 28 heavy (non-hydrogen) atoms. The minimum absolute atomic E-state index is 0.269. The third kappa shape index (κ3) is 3.65. The van der Waals surface area contributed by atoms with E-state index in [1.807, 2.05) is 0 Å². The van der Waals surface area contributed by atoms with Crippen LogP contribution < -0.4 is 10.6 Å². The Hall–Kier alpha value is -3.08. The maximum Gasteiger partial charge on any atom is 0.325 e. The van der Waals surface area contributed by atoms with E-state index in [0.717, 1.165) is 4.90 Å². The van der Waals surface area contributed by atoms with Crippen molar-refractivity contribution in [1.29, 1.82) is 0 Å².